The molecule has 0 aliphatic carbocycles. The summed E-state index contributed by atoms with van der Waals surface area (Å²) >= 11 is 0. The molecule has 1 N–H and O–H groups in total. The van der Waals surface area contributed by atoms with Gasteiger partial charge in [-0.05, 0) is 6.92 Å². The van der Waals surface area contributed by atoms with Crippen molar-refractivity contribution < 1.29 is 14.4 Å². The maximum atomic E-state index is 12.2. The molecular formula is C14H20NO2+. The molecule has 0 aromatic heterocycles. The van der Waals surface area contributed by atoms with Gasteiger partial charge in [0.15, 0.2) is 5.78 Å². The van der Waals surface area contributed by atoms with Gasteiger partial charge in [-0.2, -0.15) is 0 Å². The van der Waals surface area contributed by atoms with Gasteiger partial charge in [0.2, 0.25) is 0 Å². The van der Waals surface area contributed by atoms with Crippen LogP contribution in [0.15, 0.2) is 30.3 Å². The highest BCUT2D eigenvalue weighted by Crippen LogP contribution is 2.06. The van der Waals surface area contributed by atoms with E-state index in [0.29, 0.717) is 0 Å². The lowest BCUT2D eigenvalue weighted by atomic mass is 9.99. The summed E-state index contributed by atoms with van der Waals surface area (Å²) in [6, 6.07) is 9.57. The van der Waals surface area contributed by atoms with Crippen LogP contribution in [-0.2, 0) is 4.74 Å². The third-order valence-corrected chi connectivity index (χ3v) is 3.30. The Morgan fingerprint density at radius 2 is 1.94 bits per heavy atom. The van der Waals surface area contributed by atoms with E-state index in [1.54, 1.807) is 0 Å². The fraction of sp³-hybridized carbons (Fsp3) is 0.500. The number of ether oxygens (including phenoxy) is 1. The van der Waals surface area contributed by atoms with Crippen LogP contribution in [0.4, 0.5) is 0 Å². The van der Waals surface area contributed by atoms with Crippen LogP contribution in [0, 0.1) is 5.92 Å². The zero-order chi connectivity index (χ0) is 12.1. The molecule has 17 heavy (non-hydrogen) atoms. The van der Waals surface area contributed by atoms with E-state index in [4.69, 9.17) is 4.74 Å². The van der Waals surface area contributed by atoms with Crippen LogP contribution in [0.3, 0.4) is 0 Å². The van der Waals surface area contributed by atoms with Crippen LogP contribution in [0.1, 0.15) is 17.3 Å². The van der Waals surface area contributed by atoms with Gasteiger partial charge in [0, 0.05) is 5.56 Å². The molecule has 1 aliphatic heterocycles. The van der Waals surface area contributed by atoms with Gasteiger partial charge in [0.1, 0.15) is 13.1 Å². The molecule has 0 spiro atoms. The van der Waals surface area contributed by atoms with Gasteiger partial charge in [0.05, 0.1) is 25.7 Å². The molecule has 0 saturated carbocycles. The van der Waals surface area contributed by atoms with Crippen LogP contribution in [0.2, 0.25) is 0 Å². The molecule has 3 nitrogen and oxygen atoms in total. The first-order valence-corrected chi connectivity index (χ1v) is 6.28. The third-order valence-electron chi connectivity index (χ3n) is 3.30. The number of hydrogen-bond acceptors (Lipinski definition) is 2. The SMILES string of the molecule is C[C@H](C[NH+]1CCOCC1)C(=O)c1ccccc1. The second kappa shape index (κ2) is 5.94. The topological polar surface area (TPSA) is 30.7 Å². The van der Waals surface area contributed by atoms with Crippen molar-refractivity contribution in [3.63, 3.8) is 0 Å². The highest BCUT2D eigenvalue weighted by molar-refractivity contribution is 5.97. The lowest BCUT2D eigenvalue weighted by Crippen LogP contribution is -3.14. The van der Waals surface area contributed by atoms with E-state index in [0.717, 1.165) is 38.4 Å². The molecule has 2 rings (SSSR count). The maximum Gasteiger partial charge on any atom is 0.171 e. The van der Waals surface area contributed by atoms with E-state index in [1.165, 1.54) is 4.90 Å². The Bertz CT molecular complexity index is 358. The molecule has 0 unspecified atom stereocenters. The molecule has 3 heteroatoms. The number of ketones is 1. The Hall–Kier alpha value is -1.19. The summed E-state index contributed by atoms with van der Waals surface area (Å²) < 4.78 is 5.32. The number of nitrogens with one attached hydrogen (secondary N) is 1. The lowest BCUT2D eigenvalue weighted by Gasteiger charge is -2.25. The van der Waals surface area contributed by atoms with Crippen molar-refractivity contribution in [2.45, 2.75) is 6.92 Å². The Balaban J connectivity index is 1.91. The molecule has 1 fully saturated rings. The lowest BCUT2D eigenvalue weighted by molar-refractivity contribution is -0.910. The first-order valence-electron chi connectivity index (χ1n) is 6.28. The highest BCUT2D eigenvalue weighted by Gasteiger charge is 2.22. The number of carbonyl (C=O) groups is 1. The van der Waals surface area contributed by atoms with Crippen LogP contribution in [-0.4, -0.2) is 38.6 Å². The molecule has 92 valence electrons. The number of hydrogen-bond donors (Lipinski definition) is 1. The van der Waals surface area contributed by atoms with Crippen molar-refractivity contribution in [1.29, 1.82) is 0 Å². The zero-order valence-corrected chi connectivity index (χ0v) is 10.3. The fourth-order valence-electron chi connectivity index (χ4n) is 2.28. The average molecular weight is 234 g/mol. The summed E-state index contributed by atoms with van der Waals surface area (Å²) in [7, 11) is 0. The summed E-state index contributed by atoms with van der Waals surface area (Å²) in [5, 5.41) is 0. The second-order valence-corrected chi connectivity index (χ2v) is 4.70. The number of rotatable bonds is 4. The largest absolute Gasteiger partial charge is 0.370 e. The molecule has 1 aromatic rings. The average Bonchev–Trinajstić information content (AvgIpc) is 2.40. The van der Waals surface area contributed by atoms with Crippen LogP contribution in [0.25, 0.3) is 0 Å². The molecule has 0 bridgehead atoms. The monoisotopic (exact) mass is 234 g/mol. The van der Waals surface area contributed by atoms with Crippen LogP contribution < -0.4 is 4.90 Å². The quantitative estimate of drug-likeness (QED) is 0.766. The van der Waals surface area contributed by atoms with Gasteiger partial charge in [-0.1, -0.05) is 30.3 Å². The predicted molar refractivity (Wildman–Crippen MR) is 66.3 cm³/mol. The number of benzene rings is 1. The number of Topliss-reactive ketones (excluding diaryl/α,β-unsaturated/α-hetero) is 1. The van der Waals surface area contributed by atoms with Crippen molar-refractivity contribution >= 4 is 5.78 Å². The van der Waals surface area contributed by atoms with E-state index in [2.05, 4.69) is 0 Å². The van der Waals surface area contributed by atoms with E-state index >= 15 is 0 Å². The van der Waals surface area contributed by atoms with E-state index in [9.17, 15) is 4.79 Å². The number of morpholine rings is 1. The summed E-state index contributed by atoms with van der Waals surface area (Å²) in [5.41, 5.74) is 0.827. The molecule has 1 aliphatic rings. The first-order chi connectivity index (χ1) is 8.27. The second-order valence-electron chi connectivity index (χ2n) is 4.70. The van der Waals surface area contributed by atoms with Gasteiger partial charge < -0.3 is 9.64 Å². The molecular weight excluding hydrogens is 214 g/mol. The van der Waals surface area contributed by atoms with Gasteiger partial charge in [-0.15, -0.1) is 0 Å². The first kappa shape index (κ1) is 12.3. The number of quaternary nitrogens is 1. The molecule has 1 atom stereocenters. The van der Waals surface area contributed by atoms with Crippen molar-refractivity contribution in [2.24, 2.45) is 5.92 Å². The smallest absolute Gasteiger partial charge is 0.171 e. The van der Waals surface area contributed by atoms with E-state index in [-0.39, 0.29) is 11.7 Å². The van der Waals surface area contributed by atoms with Gasteiger partial charge in [-0.3, -0.25) is 4.79 Å². The Morgan fingerprint density at radius 1 is 1.29 bits per heavy atom. The third kappa shape index (κ3) is 3.38. The number of carbonyl (C=O) groups excluding carboxylic acids is 1. The maximum absolute atomic E-state index is 12.2. The minimum Gasteiger partial charge on any atom is -0.370 e. The standard InChI is InChI=1S/C14H19NO2/c1-12(11-15-7-9-17-10-8-15)14(16)13-5-3-2-4-6-13/h2-6,12H,7-11H2,1H3/p+1/t12-/m1/s1. The van der Waals surface area contributed by atoms with Gasteiger partial charge >= 0.3 is 0 Å². The van der Waals surface area contributed by atoms with Gasteiger partial charge in [-0.25, -0.2) is 0 Å². The van der Waals surface area contributed by atoms with E-state index in [1.807, 2.05) is 37.3 Å². The fourth-order valence-corrected chi connectivity index (χ4v) is 2.28. The molecule has 0 radical (unpaired) electrons. The van der Waals surface area contributed by atoms with Gasteiger partial charge in [0.25, 0.3) is 0 Å². The minimum atomic E-state index is 0.0884. The summed E-state index contributed by atoms with van der Waals surface area (Å²) in [4.78, 5) is 13.7. The van der Waals surface area contributed by atoms with Crippen LogP contribution in [0.5, 0.6) is 0 Å². The zero-order valence-electron chi connectivity index (χ0n) is 10.3. The predicted octanol–water partition coefficient (Wildman–Crippen LogP) is 0.421. The van der Waals surface area contributed by atoms with Crippen molar-refractivity contribution in [2.75, 3.05) is 32.8 Å². The molecule has 1 heterocycles. The summed E-state index contributed by atoms with van der Waals surface area (Å²) in [6.45, 7) is 6.62. The Labute approximate surface area is 102 Å². The van der Waals surface area contributed by atoms with E-state index < -0.39 is 0 Å². The Morgan fingerprint density at radius 3 is 2.59 bits per heavy atom. The molecule has 1 saturated heterocycles. The molecule has 0 amide bonds. The van der Waals surface area contributed by atoms with Crippen molar-refractivity contribution in [3.05, 3.63) is 35.9 Å². The van der Waals surface area contributed by atoms with Crippen molar-refractivity contribution in [3.8, 4) is 0 Å². The summed E-state index contributed by atoms with van der Waals surface area (Å²) in [6.07, 6.45) is 0. The highest BCUT2D eigenvalue weighted by atomic mass is 16.5. The Kier molecular flexibility index (Phi) is 4.29. The normalized spacial score (nSPS) is 18.9. The molecule has 1 aromatic carbocycles. The van der Waals surface area contributed by atoms with Crippen LogP contribution >= 0.6 is 0 Å². The van der Waals surface area contributed by atoms with Crippen molar-refractivity contribution in [1.82, 2.24) is 0 Å². The minimum absolute atomic E-state index is 0.0884. The summed E-state index contributed by atoms with van der Waals surface area (Å²) in [5.74, 6) is 0.343.